The van der Waals surface area contributed by atoms with Crippen LogP contribution in [0.1, 0.15) is 5.56 Å². The summed E-state index contributed by atoms with van der Waals surface area (Å²) in [6.07, 6.45) is 1.35. The molecular formula is C28H33N3O10S. The van der Waals surface area contributed by atoms with E-state index >= 15 is 0 Å². The molecule has 0 aliphatic heterocycles. The molecule has 0 heterocycles. The van der Waals surface area contributed by atoms with Crippen LogP contribution >= 0.6 is 0 Å². The summed E-state index contributed by atoms with van der Waals surface area (Å²) in [4.78, 5) is 12.9. The largest absolute Gasteiger partial charge is 0.497 e. The van der Waals surface area contributed by atoms with Gasteiger partial charge in [0.25, 0.3) is 15.9 Å². The van der Waals surface area contributed by atoms with Crippen molar-refractivity contribution in [3.05, 3.63) is 54.1 Å². The van der Waals surface area contributed by atoms with Crippen molar-refractivity contribution in [2.45, 2.75) is 4.90 Å². The van der Waals surface area contributed by atoms with Crippen molar-refractivity contribution in [1.29, 1.82) is 0 Å². The van der Waals surface area contributed by atoms with Gasteiger partial charge in [0.2, 0.25) is 5.75 Å². The average molecular weight is 604 g/mol. The van der Waals surface area contributed by atoms with Gasteiger partial charge in [-0.2, -0.15) is 5.10 Å². The number of ether oxygens (including phenoxy) is 7. The molecule has 0 atom stereocenters. The maximum absolute atomic E-state index is 14.0. The van der Waals surface area contributed by atoms with Crippen LogP contribution < -0.4 is 42.9 Å². The molecule has 0 fully saturated rings. The van der Waals surface area contributed by atoms with Crippen LogP contribution in [0.3, 0.4) is 0 Å². The molecule has 14 heteroatoms. The second kappa shape index (κ2) is 14.2. The minimum atomic E-state index is -4.36. The predicted octanol–water partition coefficient (Wildman–Crippen LogP) is 3.09. The second-order valence-electron chi connectivity index (χ2n) is 8.32. The summed E-state index contributed by atoms with van der Waals surface area (Å²) in [6, 6.07) is 11.9. The van der Waals surface area contributed by atoms with E-state index in [-0.39, 0.29) is 22.1 Å². The van der Waals surface area contributed by atoms with Crippen LogP contribution in [0.4, 0.5) is 5.69 Å². The lowest BCUT2D eigenvalue weighted by molar-refractivity contribution is -0.119. The third-order valence-electron chi connectivity index (χ3n) is 5.97. The Morgan fingerprint density at radius 2 is 1.33 bits per heavy atom. The van der Waals surface area contributed by atoms with Gasteiger partial charge < -0.3 is 33.2 Å². The highest BCUT2D eigenvalue weighted by atomic mass is 32.2. The van der Waals surface area contributed by atoms with E-state index in [9.17, 15) is 13.2 Å². The van der Waals surface area contributed by atoms with Crippen molar-refractivity contribution in [2.75, 3.05) is 60.6 Å². The minimum absolute atomic E-state index is 0.0652. The van der Waals surface area contributed by atoms with Gasteiger partial charge in [0.1, 0.15) is 18.0 Å². The number of hydrazone groups is 1. The van der Waals surface area contributed by atoms with E-state index in [4.69, 9.17) is 33.2 Å². The van der Waals surface area contributed by atoms with E-state index in [1.165, 1.54) is 86.3 Å². The van der Waals surface area contributed by atoms with Gasteiger partial charge in [-0.3, -0.25) is 9.10 Å². The number of methoxy groups -OCH3 is 7. The Labute approximate surface area is 244 Å². The fourth-order valence-electron chi connectivity index (χ4n) is 3.92. The van der Waals surface area contributed by atoms with Crippen molar-refractivity contribution in [3.8, 4) is 40.2 Å². The fraction of sp³-hybridized carbons (Fsp3) is 0.286. The Kier molecular flexibility index (Phi) is 10.7. The molecule has 0 aliphatic rings. The summed E-state index contributed by atoms with van der Waals surface area (Å²) in [5.74, 6) is 1.49. The number of amides is 1. The van der Waals surface area contributed by atoms with E-state index in [2.05, 4.69) is 10.5 Å². The topological polar surface area (TPSA) is 143 Å². The van der Waals surface area contributed by atoms with Gasteiger partial charge in [-0.15, -0.1) is 0 Å². The van der Waals surface area contributed by atoms with Crippen LogP contribution in [0.15, 0.2) is 58.5 Å². The van der Waals surface area contributed by atoms with E-state index in [0.29, 0.717) is 34.3 Å². The molecular weight excluding hydrogens is 570 g/mol. The van der Waals surface area contributed by atoms with Crippen molar-refractivity contribution >= 4 is 27.8 Å². The van der Waals surface area contributed by atoms with E-state index < -0.39 is 22.5 Å². The minimum Gasteiger partial charge on any atom is -0.497 e. The lowest BCUT2D eigenvalue weighted by Crippen LogP contribution is -2.39. The lowest BCUT2D eigenvalue weighted by atomic mass is 10.2. The van der Waals surface area contributed by atoms with Crippen LogP contribution in [-0.4, -0.2) is 76.9 Å². The molecule has 0 radical (unpaired) electrons. The van der Waals surface area contributed by atoms with Crippen molar-refractivity contribution < 1.29 is 46.4 Å². The summed E-state index contributed by atoms with van der Waals surface area (Å²) >= 11 is 0. The van der Waals surface area contributed by atoms with Crippen LogP contribution in [0, 0.1) is 0 Å². The number of rotatable bonds is 14. The van der Waals surface area contributed by atoms with Gasteiger partial charge in [-0.05, 0) is 36.4 Å². The number of nitrogens with one attached hydrogen (secondary N) is 1. The van der Waals surface area contributed by atoms with Crippen molar-refractivity contribution in [3.63, 3.8) is 0 Å². The number of carbonyl (C=O) groups is 1. The monoisotopic (exact) mass is 603 g/mol. The van der Waals surface area contributed by atoms with Gasteiger partial charge in [-0.25, -0.2) is 13.8 Å². The highest BCUT2D eigenvalue weighted by Gasteiger charge is 2.31. The molecule has 3 rings (SSSR count). The van der Waals surface area contributed by atoms with E-state index in [1.807, 2.05) is 0 Å². The Bertz CT molecular complexity index is 1520. The molecule has 0 spiro atoms. The third-order valence-corrected chi connectivity index (χ3v) is 7.73. The first-order valence-electron chi connectivity index (χ1n) is 12.3. The first-order valence-corrected chi connectivity index (χ1v) is 13.7. The van der Waals surface area contributed by atoms with Gasteiger partial charge in [0.05, 0.1) is 66.6 Å². The second-order valence-corrected chi connectivity index (χ2v) is 10.2. The summed E-state index contributed by atoms with van der Waals surface area (Å²) < 4.78 is 66.1. The van der Waals surface area contributed by atoms with E-state index in [0.717, 1.165) is 4.31 Å². The SMILES string of the molecule is COc1ccc(OC)c(N(CC(=O)N/N=C\c2cc(OC)c(OC)c(OC)c2)S(=O)(=O)c2ccc(OC)c(OC)c2)c1. The quantitative estimate of drug-likeness (QED) is 0.216. The van der Waals surface area contributed by atoms with Gasteiger partial charge in [-0.1, -0.05) is 0 Å². The highest BCUT2D eigenvalue weighted by molar-refractivity contribution is 7.92. The van der Waals surface area contributed by atoms with E-state index in [1.54, 1.807) is 18.2 Å². The number of sulfonamides is 1. The number of nitrogens with zero attached hydrogens (tertiary/aromatic N) is 2. The van der Waals surface area contributed by atoms with Crippen LogP contribution in [-0.2, 0) is 14.8 Å². The first kappa shape index (κ1) is 31.7. The third kappa shape index (κ3) is 6.89. The average Bonchev–Trinajstić information content (AvgIpc) is 3.02. The molecule has 0 saturated carbocycles. The van der Waals surface area contributed by atoms with Crippen molar-refractivity contribution in [1.82, 2.24) is 5.43 Å². The zero-order valence-corrected chi connectivity index (χ0v) is 25.1. The molecule has 0 aliphatic carbocycles. The standard InChI is InChI=1S/C28H33N3O10S/c1-35-19-8-10-22(36-2)21(14-19)31(42(33,34)20-9-11-23(37-3)24(15-20)38-4)17-27(32)30-29-16-18-12-25(39-5)28(41-7)26(13-18)40-6/h8-16H,17H2,1-7H3,(H,30,32)/b29-16-. The van der Waals surface area contributed by atoms with Gasteiger partial charge in [0, 0.05) is 17.7 Å². The highest BCUT2D eigenvalue weighted by Crippen LogP contribution is 2.39. The Balaban J connectivity index is 1.99. The maximum Gasteiger partial charge on any atom is 0.265 e. The molecule has 1 amide bonds. The summed E-state index contributed by atoms with van der Waals surface area (Å²) in [5.41, 5.74) is 2.95. The molecule has 3 aromatic carbocycles. The molecule has 3 aromatic rings. The number of anilines is 1. The van der Waals surface area contributed by atoms with Crippen molar-refractivity contribution in [2.24, 2.45) is 5.10 Å². The number of carbonyl (C=O) groups excluding carboxylic acids is 1. The normalized spacial score (nSPS) is 11.0. The van der Waals surface area contributed by atoms with Crippen LogP contribution in [0.25, 0.3) is 0 Å². The van der Waals surface area contributed by atoms with Gasteiger partial charge in [0.15, 0.2) is 23.0 Å². The first-order chi connectivity index (χ1) is 20.2. The van der Waals surface area contributed by atoms with Gasteiger partial charge >= 0.3 is 0 Å². The molecule has 42 heavy (non-hydrogen) atoms. The molecule has 0 aromatic heterocycles. The Morgan fingerprint density at radius 1 is 0.738 bits per heavy atom. The zero-order chi connectivity index (χ0) is 30.9. The number of hydrogen-bond donors (Lipinski definition) is 1. The summed E-state index contributed by atoms with van der Waals surface area (Å²) in [6.45, 7) is -0.660. The molecule has 0 unspecified atom stereocenters. The Morgan fingerprint density at radius 3 is 1.88 bits per heavy atom. The predicted molar refractivity (Wildman–Crippen MR) is 155 cm³/mol. The number of benzene rings is 3. The number of hydrogen-bond acceptors (Lipinski definition) is 11. The van der Waals surface area contributed by atoms with Crippen LogP contribution in [0.5, 0.6) is 40.2 Å². The smallest absolute Gasteiger partial charge is 0.265 e. The zero-order valence-electron chi connectivity index (χ0n) is 24.3. The maximum atomic E-state index is 14.0. The summed E-state index contributed by atoms with van der Waals surface area (Å²) in [5, 5.41) is 3.99. The molecule has 0 saturated heterocycles. The fourth-order valence-corrected chi connectivity index (χ4v) is 5.36. The molecule has 13 nitrogen and oxygen atoms in total. The molecule has 0 bridgehead atoms. The Hall–Kier alpha value is -4.85. The molecule has 1 N–H and O–H groups in total. The molecule has 226 valence electrons. The lowest BCUT2D eigenvalue weighted by Gasteiger charge is -2.26. The van der Waals surface area contributed by atoms with Crippen LogP contribution in [0.2, 0.25) is 0 Å². The summed E-state index contributed by atoms with van der Waals surface area (Å²) in [7, 11) is 5.70.